The van der Waals surface area contributed by atoms with Crippen molar-refractivity contribution in [1.82, 2.24) is 9.97 Å². The second kappa shape index (κ2) is 8.06. The molecular formula is C32H34N2. The molecule has 0 fully saturated rings. The molecule has 2 nitrogen and oxygen atoms in total. The molecule has 2 heterocycles. The minimum absolute atomic E-state index is 0.180. The minimum atomic E-state index is 0.180. The maximum atomic E-state index is 3.54. The first-order valence-electron chi connectivity index (χ1n) is 12.1. The maximum absolute atomic E-state index is 3.54. The zero-order valence-corrected chi connectivity index (χ0v) is 21.1. The molecule has 0 aliphatic heterocycles. The standard InChI is InChI=1S/C20H25N.C12H9N/c1-19(2,3)13-7-9-17-15(11-13)16-12-14(20(4,5)6)8-10-18(16)21-17;1-3-7-11-9(5-1)10-6-2-4-8-12(10)13-11/h7-12,21H,1-6H3;1-8,13H. The highest BCUT2D eigenvalue weighted by Gasteiger charge is 2.17. The molecule has 0 radical (unpaired) electrons. The topological polar surface area (TPSA) is 31.6 Å². The number of rotatable bonds is 0. The number of hydrogen-bond donors (Lipinski definition) is 2. The summed E-state index contributed by atoms with van der Waals surface area (Å²) in [6, 6.07) is 30.4. The molecule has 0 saturated carbocycles. The summed E-state index contributed by atoms with van der Waals surface area (Å²) in [5.74, 6) is 0. The fourth-order valence-electron chi connectivity index (χ4n) is 4.63. The molecular weight excluding hydrogens is 412 g/mol. The minimum Gasteiger partial charge on any atom is -0.355 e. The van der Waals surface area contributed by atoms with Gasteiger partial charge in [0, 0.05) is 43.6 Å². The SMILES string of the molecule is CC(C)(C)c1ccc2[nH]c3ccc(C(C)(C)C)cc3c2c1.c1ccc2c(c1)[nH]c1ccccc12. The molecule has 0 bridgehead atoms. The fourth-order valence-corrected chi connectivity index (χ4v) is 4.63. The quantitative estimate of drug-likeness (QED) is 0.233. The Kier molecular flexibility index (Phi) is 5.28. The van der Waals surface area contributed by atoms with Gasteiger partial charge in [-0.05, 0) is 58.4 Å². The predicted molar refractivity (Wildman–Crippen MR) is 149 cm³/mol. The number of aromatic nitrogens is 2. The molecule has 0 aliphatic carbocycles. The van der Waals surface area contributed by atoms with Crippen LogP contribution in [0.1, 0.15) is 52.7 Å². The lowest BCUT2D eigenvalue weighted by Crippen LogP contribution is -2.10. The summed E-state index contributed by atoms with van der Waals surface area (Å²) in [6.07, 6.45) is 0. The van der Waals surface area contributed by atoms with Crippen LogP contribution < -0.4 is 0 Å². The van der Waals surface area contributed by atoms with Crippen molar-refractivity contribution >= 4 is 43.6 Å². The Labute approximate surface area is 202 Å². The number of aromatic amines is 2. The van der Waals surface area contributed by atoms with E-state index in [1.807, 2.05) is 0 Å². The Bertz CT molecular complexity index is 1500. The lowest BCUT2D eigenvalue weighted by molar-refractivity contribution is 0.590. The first kappa shape index (κ1) is 22.3. The first-order chi connectivity index (χ1) is 16.1. The van der Waals surface area contributed by atoms with Gasteiger partial charge in [0.15, 0.2) is 0 Å². The highest BCUT2D eigenvalue weighted by Crippen LogP contribution is 2.33. The summed E-state index contributed by atoms with van der Waals surface area (Å²) in [7, 11) is 0. The van der Waals surface area contributed by atoms with Crippen molar-refractivity contribution in [3.63, 3.8) is 0 Å². The monoisotopic (exact) mass is 446 g/mol. The van der Waals surface area contributed by atoms with Crippen LogP contribution in [-0.2, 0) is 10.8 Å². The van der Waals surface area contributed by atoms with E-state index in [9.17, 15) is 0 Å². The Balaban J connectivity index is 0.000000157. The summed E-state index contributed by atoms with van der Waals surface area (Å²) < 4.78 is 0. The number of fused-ring (bicyclic) bond motifs is 6. The molecule has 0 saturated heterocycles. The zero-order valence-electron chi connectivity index (χ0n) is 21.1. The molecule has 34 heavy (non-hydrogen) atoms. The maximum Gasteiger partial charge on any atom is 0.0465 e. The normalized spacial score (nSPS) is 12.4. The van der Waals surface area contributed by atoms with Gasteiger partial charge in [0.2, 0.25) is 0 Å². The molecule has 0 unspecified atom stereocenters. The van der Waals surface area contributed by atoms with Crippen molar-refractivity contribution < 1.29 is 0 Å². The van der Waals surface area contributed by atoms with E-state index in [1.165, 1.54) is 54.7 Å². The van der Waals surface area contributed by atoms with Gasteiger partial charge in [-0.1, -0.05) is 90.1 Å². The van der Waals surface area contributed by atoms with Gasteiger partial charge >= 0.3 is 0 Å². The van der Waals surface area contributed by atoms with E-state index >= 15 is 0 Å². The molecule has 2 N–H and O–H groups in total. The Morgan fingerprint density at radius 1 is 0.412 bits per heavy atom. The number of para-hydroxylation sites is 2. The van der Waals surface area contributed by atoms with E-state index in [4.69, 9.17) is 0 Å². The number of hydrogen-bond acceptors (Lipinski definition) is 0. The van der Waals surface area contributed by atoms with E-state index in [0.717, 1.165) is 0 Å². The Morgan fingerprint density at radius 3 is 1.15 bits per heavy atom. The molecule has 6 aromatic rings. The average molecular weight is 447 g/mol. The molecule has 4 aromatic carbocycles. The van der Waals surface area contributed by atoms with Crippen molar-refractivity contribution in [3.05, 3.63) is 96.1 Å². The van der Waals surface area contributed by atoms with Crippen molar-refractivity contribution in [2.75, 3.05) is 0 Å². The van der Waals surface area contributed by atoms with Crippen LogP contribution in [0.2, 0.25) is 0 Å². The highest BCUT2D eigenvalue weighted by atomic mass is 14.7. The lowest BCUT2D eigenvalue weighted by Gasteiger charge is -2.19. The molecule has 0 amide bonds. The van der Waals surface area contributed by atoms with Crippen LogP contribution in [0.3, 0.4) is 0 Å². The molecule has 2 aromatic heterocycles. The van der Waals surface area contributed by atoms with Crippen LogP contribution in [-0.4, -0.2) is 9.97 Å². The van der Waals surface area contributed by atoms with E-state index in [-0.39, 0.29) is 10.8 Å². The van der Waals surface area contributed by atoms with E-state index in [0.29, 0.717) is 0 Å². The predicted octanol–water partition coefficient (Wildman–Crippen LogP) is 9.24. The summed E-state index contributed by atoms with van der Waals surface area (Å²) in [4.78, 5) is 6.91. The van der Waals surface area contributed by atoms with Crippen LogP contribution >= 0.6 is 0 Å². The summed E-state index contributed by atoms with van der Waals surface area (Å²) in [5.41, 5.74) is 8.01. The van der Waals surface area contributed by atoms with Gasteiger partial charge < -0.3 is 9.97 Å². The summed E-state index contributed by atoms with van der Waals surface area (Å²) >= 11 is 0. The number of H-pyrrole nitrogens is 2. The van der Waals surface area contributed by atoms with Crippen LogP contribution in [0.15, 0.2) is 84.9 Å². The summed E-state index contributed by atoms with van der Waals surface area (Å²) in [6.45, 7) is 13.6. The zero-order chi connectivity index (χ0) is 24.1. The average Bonchev–Trinajstić information content (AvgIpc) is 3.35. The molecule has 0 atom stereocenters. The third-order valence-electron chi connectivity index (χ3n) is 6.74. The second-order valence-electron chi connectivity index (χ2n) is 11.4. The van der Waals surface area contributed by atoms with Gasteiger partial charge in [-0.15, -0.1) is 0 Å². The molecule has 0 aliphatic rings. The van der Waals surface area contributed by atoms with Crippen molar-refractivity contribution in [1.29, 1.82) is 0 Å². The number of nitrogens with one attached hydrogen (secondary N) is 2. The van der Waals surface area contributed by atoms with Crippen molar-refractivity contribution in [3.8, 4) is 0 Å². The number of benzene rings is 4. The Hall–Kier alpha value is -3.52. The van der Waals surface area contributed by atoms with Gasteiger partial charge in [-0.2, -0.15) is 0 Å². The first-order valence-corrected chi connectivity index (χ1v) is 12.1. The molecule has 2 heteroatoms. The van der Waals surface area contributed by atoms with Gasteiger partial charge in [0.1, 0.15) is 0 Å². The molecule has 172 valence electrons. The third kappa shape index (κ3) is 4.09. The highest BCUT2D eigenvalue weighted by molar-refractivity contribution is 6.08. The molecule has 6 rings (SSSR count). The van der Waals surface area contributed by atoms with Crippen molar-refractivity contribution in [2.45, 2.75) is 52.4 Å². The van der Waals surface area contributed by atoms with Gasteiger partial charge in [-0.3, -0.25) is 0 Å². The van der Waals surface area contributed by atoms with E-state index < -0.39 is 0 Å². The van der Waals surface area contributed by atoms with Gasteiger partial charge in [0.25, 0.3) is 0 Å². The van der Waals surface area contributed by atoms with E-state index in [2.05, 4.69) is 136 Å². The fraction of sp³-hybridized carbons (Fsp3) is 0.250. The van der Waals surface area contributed by atoms with Crippen LogP contribution in [0.25, 0.3) is 43.6 Å². The van der Waals surface area contributed by atoms with Crippen LogP contribution in [0.4, 0.5) is 0 Å². The Morgan fingerprint density at radius 2 is 0.765 bits per heavy atom. The van der Waals surface area contributed by atoms with Gasteiger partial charge in [-0.25, -0.2) is 0 Å². The largest absolute Gasteiger partial charge is 0.355 e. The summed E-state index contributed by atoms with van der Waals surface area (Å²) in [5, 5.41) is 5.28. The van der Waals surface area contributed by atoms with Gasteiger partial charge in [0.05, 0.1) is 0 Å². The smallest absolute Gasteiger partial charge is 0.0465 e. The van der Waals surface area contributed by atoms with Crippen molar-refractivity contribution in [2.24, 2.45) is 0 Å². The molecule has 0 spiro atoms. The van der Waals surface area contributed by atoms with Crippen LogP contribution in [0, 0.1) is 0 Å². The third-order valence-corrected chi connectivity index (χ3v) is 6.74. The van der Waals surface area contributed by atoms with E-state index in [1.54, 1.807) is 0 Å². The van der Waals surface area contributed by atoms with Crippen LogP contribution in [0.5, 0.6) is 0 Å². The second-order valence-corrected chi connectivity index (χ2v) is 11.4. The lowest BCUT2D eigenvalue weighted by atomic mass is 9.85.